The van der Waals surface area contributed by atoms with Gasteiger partial charge in [-0.2, -0.15) is 5.26 Å². The number of nitrogens with zero attached hydrogens (tertiary/aromatic N) is 3. The van der Waals surface area contributed by atoms with Gasteiger partial charge in [-0.15, -0.1) is 0 Å². The molecule has 1 fully saturated rings. The zero-order valence-electron chi connectivity index (χ0n) is 10.9. The standard InChI is InChI=1S/C14H18ClN3/c1-17(2)13-4-3-7-18(10-13)12-6-5-11(9-16)14(15)8-12/h5-6,8,13H,3-4,7,10H2,1-2H3/t13-/m1/s1. The largest absolute Gasteiger partial charge is 0.370 e. The van der Waals surface area contributed by atoms with Crippen molar-refractivity contribution in [2.24, 2.45) is 0 Å². The highest BCUT2D eigenvalue weighted by Crippen LogP contribution is 2.26. The van der Waals surface area contributed by atoms with Crippen molar-refractivity contribution in [2.75, 3.05) is 32.1 Å². The summed E-state index contributed by atoms with van der Waals surface area (Å²) in [5.74, 6) is 0. The number of likely N-dealkylation sites (N-methyl/N-ethyl adjacent to an activating group) is 1. The third kappa shape index (κ3) is 2.77. The number of hydrogen-bond acceptors (Lipinski definition) is 3. The predicted molar refractivity (Wildman–Crippen MR) is 75.1 cm³/mol. The van der Waals surface area contributed by atoms with E-state index in [1.54, 1.807) is 6.07 Å². The maximum Gasteiger partial charge on any atom is 0.101 e. The fraction of sp³-hybridized carbons (Fsp3) is 0.500. The quantitative estimate of drug-likeness (QED) is 0.822. The van der Waals surface area contributed by atoms with E-state index in [0.29, 0.717) is 16.6 Å². The van der Waals surface area contributed by atoms with Crippen molar-refractivity contribution >= 4 is 17.3 Å². The SMILES string of the molecule is CN(C)[C@@H]1CCCN(c2ccc(C#N)c(Cl)c2)C1. The van der Waals surface area contributed by atoms with Crippen molar-refractivity contribution in [1.29, 1.82) is 5.26 Å². The molecule has 1 atom stereocenters. The molecule has 4 heteroatoms. The Balaban J connectivity index is 2.16. The molecule has 0 amide bonds. The summed E-state index contributed by atoms with van der Waals surface area (Å²) in [5.41, 5.74) is 1.66. The van der Waals surface area contributed by atoms with Crippen LogP contribution in [0.5, 0.6) is 0 Å². The summed E-state index contributed by atoms with van der Waals surface area (Å²) in [4.78, 5) is 4.62. The number of piperidine rings is 1. The molecule has 3 nitrogen and oxygen atoms in total. The minimum atomic E-state index is 0.543. The Bertz CT molecular complexity index is 465. The molecule has 18 heavy (non-hydrogen) atoms. The highest BCUT2D eigenvalue weighted by Gasteiger charge is 2.21. The first-order valence-electron chi connectivity index (χ1n) is 6.23. The third-order valence-electron chi connectivity index (χ3n) is 3.57. The molecule has 1 aliphatic heterocycles. The van der Waals surface area contributed by atoms with Gasteiger partial charge in [0, 0.05) is 24.8 Å². The van der Waals surface area contributed by atoms with E-state index in [-0.39, 0.29) is 0 Å². The fourth-order valence-corrected chi connectivity index (χ4v) is 2.62. The third-order valence-corrected chi connectivity index (χ3v) is 3.88. The first-order chi connectivity index (χ1) is 8.61. The van der Waals surface area contributed by atoms with Crippen molar-refractivity contribution in [3.8, 4) is 6.07 Å². The molecule has 1 saturated heterocycles. The van der Waals surface area contributed by atoms with Crippen LogP contribution in [-0.4, -0.2) is 38.1 Å². The molecule has 0 aliphatic carbocycles. The van der Waals surface area contributed by atoms with Crippen LogP contribution in [0.25, 0.3) is 0 Å². The maximum atomic E-state index is 8.88. The van der Waals surface area contributed by atoms with Crippen LogP contribution in [0.15, 0.2) is 18.2 Å². The van der Waals surface area contributed by atoms with E-state index < -0.39 is 0 Å². The second-order valence-corrected chi connectivity index (χ2v) is 5.39. The lowest BCUT2D eigenvalue weighted by atomic mass is 10.0. The zero-order valence-corrected chi connectivity index (χ0v) is 11.6. The molecule has 0 unspecified atom stereocenters. The molecule has 1 aromatic rings. The van der Waals surface area contributed by atoms with Crippen LogP contribution < -0.4 is 4.90 Å². The number of halogens is 1. The van der Waals surface area contributed by atoms with Gasteiger partial charge in [0.2, 0.25) is 0 Å². The Hall–Kier alpha value is -1.24. The molecule has 0 aromatic heterocycles. The van der Waals surface area contributed by atoms with Gasteiger partial charge >= 0.3 is 0 Å². The number of benzene rings is 1. The number of anilines is 1. The van der Waals surface area contributed by atoms with Crippen LogP contribution in [0, 0.1) is 11.3 Å². The monoisotopic (exact) mass is 263 g/mol. The second-order valence-electron chi connectivity index (χ2n) is 4.98. The van der Waals surface area contributed by atoms with E-state index in [1.807, 2.05) is 12.1 Å². The molecule has 0 spiro atoms. The molecule has 0 bridgehead atoms. The van der Waals surface area contributed by atoms with Crippen LogP contribution in [0.4, 0.5) is 5.69 Å². The van der Waals surface area contributed by atoms with Gasteiger partial charge in [-0.05, 0) is 45.1 Å². The second kappa shape index (κ2) is 5.60. The molecule has 1 aliphatic rings. The van der Waals surface area contributed by atoms with Crippen molar-refractivity contribution in [3.05, 3.63) is 28.8 Å². The van der Waals surface area contributed by atoms with E-state index in [4.69, 9.17) is 16.9 Å². The molecule has 1 aromatic carbocycles. The molecule has 1 heterocycles. The predicted octanol–water partition coefficient (Wildman–Crippen LogP) is 2.74. The van der Waals surface area contributed by atoms with E-state index in [9.17, 15) is 0 Å². The van der Waals surface area contributed by atoms with Crippen LogP contribution in [0.3, 0.4) is 0 Å². The fourth-order valence-electron chi connectivity index (χ4n) is 2.40. The van der Waals surface area contributed by atoms with Crippen LogP contribution in [0.2, 0.25) is 5.02 Å². The number of nitriles is 1. The van der Waals surface area contributed by atoms with Crippen LogP contribution in [-0.2, 0) is 0 Å². The highest BCUT2D eigenvalue weighted by atomic mass is 35.5. The van der Waals surface area contributed by atoms with Gasteiger partial charge in [-0.1, -0.05) is 11.6 Å². The van der Waals surface area contributed by atoms with E-state index in [1.165, 1.54) is 12.8 Å². The first kappa shape index (κ1) is 13.2. The normalized spacial score (nSPS) is 19.9. The summed E-state index contributed by atoms with van der Waals surface area (Å²) in [7, 11) is 4.25. The Labute approximate surface area is 114 Å². The molecular formula is C14H18ClN3. The van der Waals surface area contributed by atoms with Crippen LogP contribution in [0.1, 0.15) is 18.4 Å². The molecule has 0 N–H and O–H groups in total. The van der Waals surface area contributed by atoms with E-state index in [2.05, 4.69) is 30.0 Å². The summed E-state index contributed by atoms with van der Waals surface area (Å²) >= 11 is 6.09. The average molecular weight is 264 g/mol. The van der Waals surface area contributed by atoms with Gasteiger partial charge < -0.3 is 9.80 Å². The lowest BCUT2D eigenvalue weighted by molar-refractivity contribution is 0.258. The van der Waals surface area contributed by atoms with Crippen molar-refractivity contribution in [2.45, 2.75) is 18.9 Å². The Kier molecular flexibility index (Phi) is 4.11. The number of hydrogen-bond donors (Lipinski definition) is 0. The van der Waals surface area contributed by atoms with Gasteiger partial charge in [-0.3, -0.25) is 0 Å². The van der Waals surface area contributed by atoms with Crippen LogP contribution >= 0.6 is 11.6 Å². The van der Waals surface area contributed by atoms with Crippen molar-refractivity contribution < 1.29 is 0 Å². The summed E-state index contributed by atoms with van der Waals surface area (Å²) < 4.78 is 0. The Morgan fingerprint density at radius 3 is 2.83 bits per heavy atom. The summed E-state index contributed by atoms with van der Waals surface area (Å²) in [6.45, 7) is 2.09. The molecule has 2 rings (SSSR count). The lowest BCUT2D eigenvalue weighted by Gasteiger charge is -2.37. The summed E-state index contributed by atoms with van der Waals surface area (Å²) in [6.07, 6.45) is 2.44. The minimum Gasteiger partial charge on any atom is -0.370 e. The summed E-state index contributed by atoms with van der Waals surface area (Å²) in [5, 5.41) is 9.42. The van der Waals surface area contributed by atoms with Crippen molar-refractivity contribution in [1.82, 2.24) is 4.90 Å². The summed E-state index contributed by atoms with van der Waals surface area (Å²) in [6, 6.07) is 8.38. The average Bonchev–Trinajstić information content (AvgIpc) is 2.38. The molecule has 0 radical (unpaired) electrons. The van der Waals surface area contributed by atoms with Gasteiger partial charge in [0.1, 0.15) is 6.07 Å². The van der Waals surface area contributed by atoms with E-state index >= 15 is 0 Å². The zero-order chi connectivity index (χ0) is 13.1. The molecule has 0 saturated carbocycles. The van der Waals surface area contributed by atoms with E-state index in [0.717, 1.165) is 18.8 Å². The molecule has 96 valence electrons. The van der Waals surface area contributed by atoms with Gasteiger partial charge in [0.05, 0.1) is 10.6 Å². The first-order valence-corrected chi connectivity index (χ1v) is 6.60. The maximum absolute atomic E-state index is 8.88. The van der Waals surface area contributed by atoms with Gasteiger partial charge in [0.15, 0.2) is 0 Å². The van der Waals surface area contributed by atoms with Gasteiger partial charge in [0.25, 0.3) is 0 Å². The lowest BCUT2D eigenvalue weighted by Crippen LogP contribution is -2.45. The Morgan fingerprint density at radius 2 is 2.22 bits per heavy atom. The smallest absolute Gasteiger partial charge is 0.101 e. The minimum absolute atomic E-state index is 0.543. The number of rotatable bonds is 2. The Morgan fingerprint density at radius 1 is 1.44 bits per heavy atom. The van der Waals surface area contributed by atoms with Gasteiger partial charge in [-0.25, -0.2) is 0 Å². The topological polar surface area (TPSA) is 30.3 Å². The molecular weight excluding hydrogens is 246 g/mol. The van der Waals surface area contributed by atoms with Crippen molar-refractivity contribution in [3.63, 3.8) is 0 Å². The highest BCUT2D eigenvalue weighted by molar-refractivity contribution is 6.32.